The van der Waals surface area contributed by atoms with E-state index < -0.39 is 5.97 Å². The van der Waals surface area contributed by atoms with E-state index >= 15 is 0 Å². The first-order valence-corrected chi connectivity index (χ1v) is 2.97. The summed E-state index contributed by atoms with van der Waals surface area (Å²) in [5.41, 5.74) is 0. The molecule has 0 aliphatic carbocycles. The molecule has 0 bridgehead atoms. The van der Waals surface area contributed by atoms with E-state index in [2.05, 4.69) is 6.58 Å². The standard InChI is InChI=1S/C5H10O.C2H4O2/c1-3-5(2)4-6;1-2(3)4/h3,5-6H,1,4H2,2H3;1H3,(H,3,4). The Kier molecular flexibility index (Phi) is 9.73. The van der Waals surface area contributed by atoms with Crippen molar-refractivity contribution in [2.24, 2.45) is 5.92 Å². The van der Waals surface area contributed by atoms with Crippen molar-refractivity contribution in [3.63, 3.8) is 0 Å². The summed E-state index contributed by atoms with van der Waals surface area (Å²) in [4.78, 5) is 9.00. The van der Waals surface area contributed by atoms with Gasteiger partial charge in [0.2, 0.25) is 0 Å². The minimum absolute atomic E-state index is 0.212. The van der Waals surface area contributed by atoms with Crippen LogP contribution in [0, 0.1) is 5.92 Å². The Hall–Kier alpha value is -0.830. The fourth-order valence-electron chi connectivity index (χ4n) is 0.0745. The number of hydrogen-bond acceptors (Lipinski definition) is 2. The molecule has 1 atom stereocenters. The van der Waals surface area contributed by atoms with Crippen LogP contribution in [0.25, 0.3) is 0 Å². The van der Waals surface area contributed by atoms with E-state index in [0.717, 1.165) is 6.92 Å². The molecule has 3 heteroatoms. The highest BCUT2D eigenvalue weighted by Gasteiger charge is 1.85. The molecule has 60 valence electrons. The van der Waals surface area contributed by atoms with Gasteiger partial charge in [-0.3, -0.25) is 4.79 Å². The predicted molar refractivity (Wildman–Crippen MR) is 39.8 cm³/mol. The first kappa shape index (κ1) is 11.9. The average Bonchev–Trinajstić information content (AvgIpc) is 1.85. The molecule has 0 aliphatic heterocycles. The number of aliphatic hydroxyl groups excluding tert-OH is 1. The molecule has 10 heavy (non-hydrogen) atoms. The van der Waals surface area contributed by atoms with Crippen molar-refractivity contribution < 1.29 is 15.0 Å². The molecule has 0 fully saturated rings. The van der Waals surface area contributed by atoms with Gasteiger partial charge in [0.25, 0.3) is 5.97 Å². The maximum absolute atomic E-state index is 9.00. The van der Waals surface area contributed by atoms with Crippen molar-refractivity contribution in [1.29, 1.82) is 0 Å². The van der Waals surface area contributed by atoms with Gasteiger partial charge in [-0.25, -0.2) is 0 Å². The van der Waals surface area contributed by atoms with Crippen molar-refractivity contribution in [3.05, 3.63) is 12.7 Å². The summed E-state index contributed by atoms with van der Waals surface area (Å²) in [5.74, 6) is -0.579. The number of aliphatic hydroxyl groups is 1. The van der Waals surface area contributed by atoms with Crippen molar-refractivity contribution >= 4 is 5.97 Å². The van der Waals surface area contributed by atoms with Crippen LogP contribution in [0.4, 0.5) is 0 Å². The van der Waals surface area contributed by atoms with Crippen molar-refractivity contribution in [3.8, 4) is 0 Å². The second-order valence-electron chi connectivity index (χ2n) is 1.91. The van der Waals surface area contributed by atoms with Gasteiger partial charge in [0.15, 0.2) is 0 Å². The third kappa shape index (κ3) is 27.2. The van der Waals surface area contributed by atoms with Crippen LogP contribution < -0.4 is 0 Å². The van der Waals surface area contributed by atoms with Gasteiger partial charge in [0, 0.05) is 13.5 Å². The lowest BCUT2D eigenvalue weighted by atomic mass is 10.2. The van der Waals surface area contributed by atoms with Gasteiger partial charge in [-0.15, -0.1) is 6.58 Å². The molecule has 0 saturated carbocycles. The molecule has 3 nitrogen and oxygen atoms in total. The van der Waals surface area contributed by atoms with Crippen LogP contribution in [0.15, 0.2) is 12.7 Å². The molecule has 0 aromatic heterocycles. The monoisotopic (exact) mass is 146 g/mol. The van der Waals surface area contributed by atoms with E-state index in [1.54, 1.807) is 6.08 Å². The SMILES string of the molecule is C=CC(C)CO.CC(=O)O. The van der Waals surface area contributed by atoms with E-state index in [1.807, 2.05) is 6.92 Å². The maximum atomic E-state index is 9.00. The summed E-state index contributed by atoms with van der Waals surface area (Å²) in [6, 6.07) is 0. The summed E-state index contributed by atoms with van der Waals surface area (Å²) < 4.78 is 0. The molecule has 0 spiro atoms. The Morgan fingerprint density at radius 3 is 2.10 bits per heavy atom. The van der Waals surface area contributed by atoms with Gasteiger partial charge in [-0.1, -0.05) is 13.0 Å². The molecule has 0 aromatic carbocycles. The normalized spacial score (nSPS) is 10.7. The number of aliphatic carboxylic acids is 1. The first-order valence-electron chi connectivity index (χ1n) is 2.97. The van der Waals surface area contributed by atoms with E-state index in [4.69, 9.17) is 15.0 Å². The van der Waals surface area contributed by atoms with Crippen molar-refractivity contribution in [1.82, 2.24) is 0 Å². The van der Waals surface area contributed by atoms with Gasteiger partial charge in [-0.05, 0) is 5.92 Å². The van der Waals surface area contributed by atoms with E-state index in [9.17, 15) is 0 Å². The van der Waals surface area contributed by atoms with E-state index in [-0.39, 0.29) is 12.5 Å². The molecule has 1 unspecified atom stereocenters. The Labute approximate surface area is 61.0 Å². The van der Waals surface area contributed by atoms with Gasteiger partial charge in [-0.2, -0.15) is 0 Å². The Bertz CT molecular complexity index is 95.0. The fraction of sp³-hybridized carbons (Fsp3) is 0.571. The molecule has 0 heterocycles. The maximum Gasteiger partial charge on any atom is 0.300 e. The third-order valence-electron chi connectivity index (χ3n) is 0.690. The highest BCUT2D eigenvalue weighted by atomic mass is 16.4. The average molecular weight is 146 g/mol. The molecule has 2 N–H and O–H groups in total. The second-order valence-corrected chi connectivity index (χ2v) is 1.91. The molecular formula is C7H14O3. The molecule has 0 radical (unpaired) electrons. The van der Waals surface area contributed by atoms with Crippen molar-refractivity contribution in [2.45, 2.75) is 13.8 Å². The number of carboxylic acid groups (broad SMARTS) is 1. The Morgan fingerprint density at radius 1 is 1.80 bits per heavy atom. The van der Waals surface area contributed by atoms with Crippen molar-refractivity contribution in [2.75, 3.05) is 6.61 Å². The summed E-state index contributed by atoms with van der Waals surface area (Å²) in [5, 5.41) is 15.7. The molecule has 0 aromatic rings. The Morgan fingerprint density at radius 2 is 2.10 bits per heavy atom. The first-order chi connectivity index (χ1) is 4.54. The lowest BCUT2D eigenvalue weighted by molar-refractivity contribution is -0.134. The van der Waals surface area contributed by atoms with E-state index in [0.29, 0.717) is 0 Å². The van der Waals surface area contributed by atoms with Crippen LogP contribution in [0.3, 0.4) is 0 Å². The van der Waals surface area contributed by atoms with Crippen LogP contribution in [-0.4, -0.2) is 22.8 Å². The second kappa shape index (κ2) is 8.17. The summed E-state index contributed by atoms with van der Waals surface area (Å²) in [6.07, 6.45) is 1.72. The molecule has 0 aliphatic rings. The quantitative estimate of drug-likeness (QED) is 0.569. The minimum atomic E-state index is -0.833. The number of carboxylic acids is 1. The molecule has 0 saturated heterocycles. The highest BCUT2D eigenvalue weighted by molar-refractivity contribution is 5.62. The summed E-state index contributed by atoms with van der Waals surface area (Å²) in [7, 11) is 0. The highest BCUT2D eigenvalue weighted by Crippen LogP contribution is 1.89. The van der Waals surface area contributed by atoms with Crippen LogP contribution >= 0.6 is 0 Å². The van der Waals surface area contributed by atoms with Crippen LogP contribution in [0.2, 0.25) is 0 Å². The summed E-state index contributed by atoms with van der Waals surface area (Å²) in [6.45, 7) is 6.68. The van der Waals surface area contributed by atoms with Crippen LogP contribution in [-0.2, 0) is 4.79 Å². The number of hydrogen-bond donors (Lipinski definition) is 2. The van der Waals surface area contributed by atoms with Gasteiger partial charge >= 0.3 is 0 Å². The van der Waals surface area contributed by atoms with Gasteiger partial charge in [0.1, 0.15) is 0 Å². The Balaban J connectivity index is 0. The minimum Gasteiger partial charge on any atom is -0.481 e. The lowest BCUT2D eigenvalue weighted by Gasteiger charge is -1.93. The largest absolute Gasteiger partial charge is 0.481 e. The zero-order chi connectivity index (χ0) is 8.57. The molecule has 0 rings (SSSR count). The third-order valence-corrected chi connectivity index (χ3v) is 0.690. The zero-order valence-electron chi connectivity index (χ0n) is 6.37. The molecular weight excluding hydrogens is 132 g/mol. The summed E-state index contributed by atoms with van der Waals surface area (Å²) >= 11 is 0. The molecule has 0 amide bonds. The number of carbonyl (C=O) groups is 1. The topological polar surface area (TPSA) is 57.5 Å². The van der Waals surface area contributed by atoms with Crippen LogP contribution in [0.1, 0.15) is 13.8 Å². The fourth-order valence-corrected chi connectivity index (χ4v) is 0.0745. The lowest BCUT2D eigenvalue weighted by Crippen LogP contribution is -1.93. The smallest absolute Gasteiger partial charge is 0.300 e. The van der Waals surface area contributed by atoms with E-state index in [1.165, 1.54) is 0 Å². The predicted octanol–water partition coefficient (Wildman–Crippen LogP) is 0.892. The van der Waals surface area contributed by atoms with Crippen LogP contribution in [0.5, 0.6) is 0 Å². The number of rotatable bonds is 2. The van der Waals surface area contributed by atoms with Gasteiger partial charge in [0.05, 0.1) is 0 Å². The zero-order valence-corrected chi connectivity index (χ0v) is 6.37. The van der Waals surface area contributed by atoms with Gasteiger partial charge < -0.3 is 10.2 Å².